The van der Waals surface area contributed by atoms with Crippen molar-refractivity contribution in [2.45, 2.75) is 6.92 Å². The van der Waals surface area contributed by atoms with E-state index in [1.54, 1.807) is 6.07 Å². The number of fused-ring (bicyclic) bond motifs is 3. The van der Waals surface area contributed by atoms with Crippen molar-refractivity contribution in [1.82, 2.24) is 14.3 Å². The highest BCUT2D eigenvalue weighted by Gasteiger charge is 2.24. The molecule has 6 nitrogen and oxygen atoms in total. The lowest BCUT2D eigenvalue weighted by atomic mass is 10.2. The van der Waals surface area contributed by atoms with Crippen LogP contribution in [0.15, 0.2) is 60.8 Å². The first-order chi connectivity index (χ1) is 14.6. The van der Waals surface area contributed by atoms with E-state index in [-0.39, 0.29) is 11.8 Å². The van der Waals surface area contributed by atoms with Gasteiger partial charge in [0, 0.05) is 44.1 Å². The van der Waals surface area contributed by atoms with Gasteiger partial charge in [-0.3, -0.25) is 0 Å². The number of nitrogens with one attached hydrogen (secondary N) is 1. The van der Waals surface area contributed by atoms with Crippen LogP contribution in [0.25, 0.3) is 16.6 Å². The Kier molecular flexibility index (Phi) is 4.50. The quantitative estimate of drug-likeness (QED) is 0.543. The highest BCUT2D eigenvalue weighted by Crippen LogP contribution is 2.26. The van der Waals surface area contributed by atoms with Gasteiger partial charge in [-0.25, -0.2) is 14.2 Å². The lowest BCUT2D eigenvalue weighted by molar-refractivity contribution is 0.208. The van der Waals surface area contributed by atoms with Gasteiger partial charge < -0.3 is 19.5 Å². The molecule has 1 fully saturated rings. The zero-order chi connectivity index (χ0) is 20.7. The first-order valence-electron chi connectivity index (χ1n) is 10.0. The fraction of sp³-hybridized carbons (Fsp3) is 0.217. The third kappa shape index (κ3) is 3.32. The highest BCUT2D eigenvalue weighted by atomic mass is 19.1. The van der Waals surface area contributed by atoms with Gasteiger partial charge in [0.2, 0.25) is 0 Å². The molecule has 2 aromatic carbocycles. The molecule has 5 rings (SSSR count). The Morgan fingerprint density at radius 1 is 1.00 bits per heavy atom. The Hall–Kier alpha value is -3.61. The van der Waals surface area contributed by atoms with Gasteiger partial charge in [-0.2, -0.15) is 0 Å². The summed E-state index contributed by atoms with van der Waals surface area (Å²) < 4.78 is 15.8. The summed E-state index contributed by atoms with van der Waals surface area (Å²) >= 11 is 0. The van der Waals surface area contributed by atoms with E-state index >= 15 is 0 Å². The summed E-state index contributed by atoms with van der Waals surface area (Å²) in [4.78, 5) is 21.3. The molecule has 2 amide bonds. The smallest absolute Gasteiger partial charge is 0.321 e. The molecule has 0 saturated carbocycles. The predicted octanol–water partition coefficient (Wildman–Crippen LogP) is 4.29. The van der Waals surface area contributed by atoms with Crippen LogP contribution in [0.4, 0.5) is 20.7 Å². The monoisotopic (exact) mass is 403 g/mol. The number of aryl methyl sites for hydroxylation is 1. The minimum atomic E-state index is -0.301. The average Bonchev–Trinajstić information content (AvgIpc) is 3.25. The van der Waals surface area contributed by atoms with Crippen molar-refractivity contribution in [3.8, 4) is 0 Å². The summed E-state index contributed by atoms with van der Waals surface area (Å²) in [7, 11) is 0. The molecular formula is C23H22FN5O. The molecule has 1 aliphatic heterocycles. The van der Waals surface area contributed by atoms with Gasteiger partial charge in [0.1, 0.15) is 5.82 Å². The van der Waals surface area contributed by atoms with E-state index in [0.717, 1.165) is 28.1 Å². The van der Waals surface area contributed by atoms with Crippen LogP contribution >= 0.6 is 0 Å². The number of piperazine rings is 1. The number of halogens is 1. The van der Waals surface area contributed by atoms with Gasteiger partial charge in [-0.1, -0.05) is 17.7 Å². The van der Waals surface area contributed by atoms with E-state index in [9.17, 15) is 9.18 Å². The summed E-state index contributed by atoms with van der Waals surface area (Å²) in [6.07, 6.45) is 1.96. The Morgan fingerprint density at radius 2 is 1.77 bits per heavy atom. The summed E-state index contributed by atoms with van der Waals surface area (Å²) in [5.74, 6) is 0.516. The summed E-state index contributed by atoms with van der Waals surface area (Å²) in [6.45, 7) is 4.52. The maximum Gasteiger partial charge on any atom is 0.321 e. The SMILES string of the molecule is Cc1ccc(NC(=O)N2CCN(c3nc4cc(F)ccc4n4cccc34)CC2)cc1. The van der Waals surface area contributed by atoms with E-state index in [0.29, 0.717) is 31.7 Å². The van der Waals surface area contributed by atoms with Crippen molar-refractivity contribution >= 4 is 34.1 Å². The fourth-order valence-corrected chi connectivity index (χ4v) is 3.93. The molecule has 0 aliphatic carbocycles. The van der Waals surface area contributed by atoms with E-state index in [1.165, 1.54) is 12.1 Å². The normalized spacial score (nSPS) is 14.5. The molecule has 0 radical (unpaired) electrons. The molecule has 1 saturated heterocycles. The maximum atomic E-state index is 13.8. The minimum Gasteiger partial charge on any atom is -0.351 e. The third-order valence-corrected chi connectivity index (χ3v) is 5.57. The number of hydrogen-bond acceptors (Lipinski definition) is 3. The Morgan fingerprint density at radius 3 is 2.53 bits per heavy atom. The van der Waals surface area contributed by atoms with Crippen molar-refractivity contribution in [1.29, 1.82) is 0 Å². The van der Waals surface area contributed by atoms with Crippen LogP contribution in [0.2, 0.25) is 0 Å². The molecule has 3 heterocycles. The number of anilines is 2. The van der Waals surface area contributed by atoms with Crippen LogP contribution < -0.4 is 10.2 Å². The highest BCUT2D eigenvalue weighted by molar-refractivity contribution is 5.90. The summed E-state index contributed by atoms with van der Waals surface area (Å²) in [6, 6.07) is 16.3. The fourth-order valence-electron chi connectivity index (χ4n) is 3.93. The largest absolute Gasteiger partial charge is 0.351 e. The number of carbonyl (C=O) groups is 1. The lowest BCUT2D eigenvalue weighted by Crippen LogP contribution is -2.50. The predicted molar refractivity (Wildman–Crippen MR) is 117 cm³/mol. The van der Waals surface area contributed by atoms with E-state index in [2.05, 4.69) is 10.2 Å². The molecule has 7 heteroatoms. The average molecular weight is 403 g/mol. The van der Waals surface area contributed by atoms with E-state index in [4.69, 9.17) is 4.98 Å². The molecule has 0 atom stereocenters. The van der Waals surface area contributed by atoms with Gasteiger partial charge >= 0.3 is 6.03 Å². The molecule has 152 valence electrons. The minimum absolute atomic E-state index is 0.0973. The number of benzene rings is 2. The van der Waals surface area contributed by atoms with Crippen LogP contribution in [0.1, 0.15) is 5.56 Å². The lowest BCUT2D eigenvalue weighted by Gasteiger charge is -2.35. The molecule has 4 aromatic rings. The van der Waals surface area contributed by atoms with Crippen LogP contribution in [0, 0.1) is 12.7 Å². The molecular weight excluding hydrogens is 381 g/mol. The molecule has 2 aromatic heterocycles. The van der Waals surface area contributed by atoms with E-state index in [1.807, 2.05) is 58.8 Å². The first kappa shape index (κ1) is 18.4. The summed E-state index contributed by atoms with van der Waals surface area (Å²) in [5.41, 5.74) is 4.42. The van der Waals surface area contributed by atoms with Crippen LogP contribution in [0.5, 0.6) is 0 Å². The second-order valence-electron chi connectivity index (χ2n) is 7.60. The van der Waals surface area contributed by atoms with Crippen molar-refractivity contribution in [3.05, 3.63) is 72.2 Å². The molecule has 1 aliphatic rings. The zero-order valence-electron chi connectivity index (χ0n) is 16.7. The third-order valence-electron chi connectivity index (χ3n) is 5.57. The zero-order valence-corrected chi connectivity index (χ0v) is 16.7. The molecule has 0 unspecified atom stereocenters. The number of nitrogens with zero attached hydrogens (tertiary/aromatic N) is 4. The number of hydrogen-bond donors (Lipinski definition) is 1. The topological polar surface area (TPSA) is 52.9 Å². The number of amides is 2. The van der Waals surface area contributed by atoms with Crippen molar-refractivity contribution in [3.63, 3.8) is 0 Å². The second kappa shape index (κ2) is 7.33. The van der Waals surface area contributed by atoms with Crippen molar-refractivity contribution in [2.24, 2.45) is 0 Å². The molecule has 0 spiro atoms. The Balaban J connectivity index is 1.35. The molecule has 1 N–H and O–H groups in total. The van der Waals surface area contributed by atoms with Crippen LogP contribution in [0.3, 0.4) is 0 Å². The van der Waals surface area contributed by atoms with Gasteiger partial charge in [-0.15, -0.1) is 0 Å². The van der Waals surface area contributed by atoms with Crippen LogP contribution in [-0.4, -0.2) is 46.5 Å². The second-order valence-corrected chi connectivity index (χ2v) is 7.60. The number of urea groups is 1. The Bertz CT molecular complexity index is 1230. The van der Waals surface area contributed by atoms with Crippen LogP contribution in [-0.2, 0) is 0 Å². The van der Waals surface area contributed by atoms with Gasteiger partial charge in [-0.05, 0) is 43.3 Å². The van der Waals surface area contributed by atoms with Gasteiger partial charge in [0.05, 0.1) is 16.6 Å². The first-order valence-corrected chi connectivity index (χ1v) is 10.0. The molecule has 0 bridgehead atoms. The Labute approximate surface area is 173 Å². The van der Waals surface area contributed by atoms with E-state index < -0.39 is 0 Å². The summed E-state index contributed by atoms with van der Waals surface area (Å²) in [5, 5.41) is 2.96. The molecule has 30 heavy (non-hydrogen) atoms. The number of carbonyl (C=O) groups excluding carboxylic acids is 1. The number of aromatic nitrogens is 2. The number of rotatable bonds is 2. The van der Waals surface area contributed by atoms with Gasteiger partial charge in [0.15, 0.2) is 5.82 Å². The maximum absolute atomic E-state index is 13.8. The van der Waals surface area contributed by atoms with Gasteiger partial charge in [0.25, 0.3) is 0 Å². The van der Waals surface area contributed by atoms with Crippen molar-refractivity contribution in [2.75, 3.05) is 36.4 Å². The van der Waals surface area contributed by atoms with Crippen molar-refractivity contribution < 1.29 is 9.18 Å². The standard InChI is InChI=1S/C23H22FN5O/c1-16-4-7-18(8-5-16)25-23(30)28-13-11-27(12-14-28)22-21-3-2-10-29(21)20-9-6-17(24)15-19(20)26-22/h2-10,15H,11-14H2,1H3,(H,25,30).